The molecule has 0 aliphatic carbocycles. The zero-order chi connectivity index (χ0) is 16.2. The minimum atomic E-state index is -0.585. The molecule has 23 heavy (non-hydrogen) atoms. The van der Waals surface area contributed by atoms with Gasteiger partial charge in [0, 0.05) is 36.9 Å². The van der Waals surface area contributed by atoms with E-state index in [-0.39, 0.29) is 5.91 Å². The number of hydrogen-bond acceptors (Lipinski definition) is 3. The number of anilines is 1. The number of rotatable bonds is 3. The molecular weight excluding hydrogens is 310 g/mol. The molecule has 120 valence electrons. The lowest BCUT2D eigenvalue weighted by Gasteiger charge is -2.37. The van der Waals surface area contributed by atoms with E-state index in [1.807, 2.05) is 59.5 Å². The lowest BCUT2D eigenvalue weighted by Crippen LogP contribution is -2.51. The van der Waals surface area contributed by atoms with Crippen LogP contribution in [0.25, 0.3) is 0 Å². The summed E-state index contributed by atoms with van der Waals surface area (Å²) in [6, 6.07) is 16.7. The van der Waals surface area contributed by atoms with Gasteiger partial charge in [-0.15, -0.1) is 0 Å². The molecule has 2 aromatic rings. The second kappa shape index (κ2) is 7.02. The maximum Gasteiger partial charge on any atom is 0.244 e. The number of carbonyl (C=O) groups is 1. The molecule has 1 saturated heterocycles. The summed E-state index contributed by atoms with van der Waals surface area (Å²) in [5, 5.41) is 0.733. The van der Waals surface area contributed by atoms with Gasteiger partial charge in [0.05, 0.1) is 0 Å². The number of benzene rings is 2. The van der Waals surface area contributed by atoms with E-state index in [1.165, 1.54) is 0 Å². The number of hydrogen-bond donors (Lipinski definition) is 1. The molecule has 1 aliphatic heterocycles. The van der Waals surface area contributed by atoms with E-state index in [4.69, 9.17) is 17.3 Å². The molecule has 5 heteroatoms. The minimum Gasteiger partial charge on any atom is -0.368 e. The number of halogens is 1. The third kappa shape index (κ3) is 3.66. The molecule has 3 rings (SSSR count). The first-order valence-corrected chi connectivity index (χ1v) is 8.13. The lowest BCUT2D eigenvalue weighted by atomic mass is 10.1. The van der Waals surface area contributed by atoms with E-state index in [2.05, 4.69) is 4.90 Å². The van der Waals surface area contributed by atoms with Crippen LogP contribution in [0.4, 0.5) is 5.69 Å². The van der Waals surface area contributed by atoms with Crippen LogP contribution >= 0.6 is 11.6 Å². The van der Waals surface area contributed by atoms with E-state index in [0.29, 0.717) is 13.1 Å². The summed E-state index contributed by atoms with van der Waals surface area (Å²) in [5.41, 5.74) is 8.10. The van der Waals surface area contributed by atoms with E-state index in [1.54, 1.807) is 0 Å². The van der Waals surface area contributed by atoms with Crippen LogP contribution in [-0.2, 0) is 4.79 Å². The first kappa shape index (κ1) is 15.8. The van der Waals surface area contributed by atoms with Gasteiger partial charge >= 0.3 is 0 Å². The molecule has 1 atom stereocenters. The van der Waals surface area contributed by atoms with Crippen LogP contribution in [0, 0.1) is 0 Å². The highest BCUT2D eigenvalue weighted by Crippen LogP contribution is 2.20. The van der Waals surface area contributed by atoms with E-state index >= 15 is 0 Å². The Balaban J connectivity index is 1.60. The van der Waals surface area contributed by atoms with Crippen LogP contribution in [-0.4, -0.2) is 37.0 Å². The fraction of sp³-hybridized carbons (Fsp3) is 0.278. The van der Waals surface area contributed by atoms with Gasteiger partial charge in [0.15, 0.2) is 0 Å². The molecule has 1 aliphatic rings. The van der Waals surface area contributed by atoms with Crippen molar-refractivity contribution in [1.82, 2.24) is 4.90 Å². The Kier molecular flexibility index (Phi) is 4.84. The summed E-state index contributed by atoms with van der Waals surface area (Å²) in [7, 11) is 0. The summed E-state index contributed by atoms with van der Waals surface area (Å²) in [4.78, 5) is 16.7. The molecule has 0 spiro atoms. The van der Waals surface area contributed by atoms with Crippen LogP contribution in [0.1, 0.15) is 11.6 Å². The van der Waals surface area contributed by atoms with Gasteiger partial charge in [0.2, 0.25) is 5.91 Å². The van der Waals surface area contributed by atoms with Crippen molar-refractivity contribution in [3.63, 3.8) is 0 Å². The van der Waals surface area contributed by atoms with Gasteiger partial charge < -0.3 is 15.5 Å². The Morgan fingerprint density at radius 2 is 1.57 bits per heavy atom. The van der Waals surface area contributed by atoms with Crippen molar-refractivity contribution in [2.45, 2.75) is 6.04 Å². The van der Waals surface area contributed by atoms with E-state index in [9.17, 15) is 4.79 Å². The van der Waals surface area contributed by atoms with Gasteiger partial charge in [0.25, 0.3) is 0 Å². The van der Waals surface area contributed by atoms with Crippen LogP contribution in [0.3, 0.4) is 0 Å². The molecule has 1 fully saturated rings. The van der Waals surface area contributed by atoms with Crippen molar-refractivity contribution in [2.24, 2.45) is 5.73 Å². The second-order valence-corrected chi connectivity index (χ2v) is 6.11. The van der Waals surface area contributed by atoms with Gasteiger partial charge in [-0.05, 0) is 29.8 Å². The molecular formula is C18H20ClN3O. The molecule has 0 bridgehead atoms. The molecule has 1 amide bonds. The standard InChI is InChI=1S/C18H20ClN3O/c19-15-6-8-16(9-7-15)21-10-12-22(13-11-21)18(23)17(20)14-4-2-1-3-5-14/h1-9,17H,10-13,20H2. The molecule has 0 saturated carbocycles. The molecule has 1 heterocycles. The topological polar surface area (TPSA) is 49.6 Å². The van der Waals surface area contributed by atoms with Gasteiger partial charge in [-0.1, -0.05) is 41.9 Å². The maximum absolute atomic E-state index is 12.6. The Bertz CT molecular complexity index is 652. The van der Waals surface area contributed by atoms with Crippen molar-refractivity contribution in [2.75, 3.05) is 31.1 Å². The van der Waals surface area contributed by atoms with E-state index in [0.717, 1.165) is 29.4 Å². The Hall–Kier alpha value is -2.04. The minimum absolute atomic E-state index is 0.00745. The predicted octanol–water partition coefficient (Wildman–Crippen LogP) is 2.69. The average molecular weight is 330 g/mol. The highest BCUT2D eigenvalue weighted by molar-refractivity contribution is 6.30. The lowest BCUT2D eigenvalue weighted by molar-refractivity contribution is -0.133. The predicted molar refractivity (Wildman–Crippen MR) is 93.6 cm³/mol. The fourth-order valence-electron chi connectivity index (χ4n) is 2.84. The Morgan fingerprint density at radius 3 is 2.17 bits per heavy atom. The van der Waals surface area contributed by atoms with Crippen molar-refractivity contribution in [3.05, 3.63) is 65.2 Å². The second-order valence-electron chi connectivity index (χ2n) is 5.68. The summed E-state index contributed by atoms with van der Waals surface area (Å²) in [6.45, 7) is 2.97. The summed E-state index contributed by atoms with van der Waals surface area (Å²) in [5.74, 6) is -0.00745. The number of amides is 1. The largest absolute Gasteiger partial charge is 0.368 e. The van der Waals surface area contributed by atoms with Crippen molar-refractivity contribution >= 4 is 23.2 Å². The zero-order valence-electron chi connectivity index (χ0n) is 12.9. The third-order valence-electron chi connectivity index (χ3n) is 4.21. The van der Waals surface area contributed by atoms with Gasteiger partial charge in [-0.2, -0.15) is 0 Å². The number of nitrogens with zero attached hydrogens (tertiary/aromatic N) is 2. The van der Waals surface area contributed by atoms with Crippen molar-refractivity contribution < 1.29 is 4.79 Å². The van der Waals surface area contributed by atoms with Crippen LogP contribution in [0.2, 0.25) is 5.02 Å². The first-order valence-electron chi connectivity index (χ1n) is 7.75. The molecule has 0 radical (unpaired) electrons. The van der Waals surface area contributed by atoms with Crippen LogP contribution in [0.5, 0.6) is 0 Å². The number of piperazine rings is 1. The van der Waals surface area contributed by atoms with Crippen molar-refractivity contribution in [1.29, 1.82) is 0 Å². The molecule has 2 aromatic carbocycles. The monoisotopic (exact) mass is 329 g/mol. The van der Waals surface area contributed by atoms with Gasteiger partial charge in [0.1, 0.15) is 6.04 Å². The fourth-order valence-corrected chi connectivity index (χ4v) is 2.96. The van der Waals surface area contributed by atoms with Gasteiger partial charge in [-0.25, -0.2) is 0 Å². The Morgan fingerprint density at radius 1 is 0.957 bits per heavy atom. The molecule has 0 aromatic heterocycles. The maximum atomic E-state index is 12.6. The first-order chi connectivity index (χ1) is 11.1. The number of nitrogens with two attached hydrogens (primary N) is 1. The van der Waals surface area contributed by atoms with E-state index < -0.39 is 6.04 Å². The Labute approximate surface area is 141 Å². The zero-order valence-corrected chi connectivity index (χ0v) is 13.6. The quantitative estimate of drug-likeness (QED) is 0.942. The van der Waals surface area contributed by atoms with Crippen molar-refractivity contribution in [3.8, 4) is 0 Å². The molecule has 4 nitrogen and oxygen atoms in total. The number of carbonyl (C=O) groups excluding carboxylic acids is 1. The smallest absolute Gasteiger partial charge is 0.244 e. The summed E-state index contributed by atoms with van der Waals surface area (Å²) in [6.07, 6.45) is 0. The molecule has 2 N–H and O–H groups in total. The van der Waals surface area contributed by atoms with Crippen LogP contribution < -0.4 is 10.6 Å². The SMILES string of the molecule is NC(C(=O)N1CCN(c2ccc(Cl)cc2)CC1)c1ccccc1. The highest BCUT2D eigenvalue weighted by Gasteiger charge is 2.26. The van der Waals surface area contributed by atoms with Gasteiger partial charge in [-0.3, -0.25) is 4.79 Å². The highest BCUT2D eigenvalue weighted by atomic mass is 35.5. The van der Waals surface area contributed by atoms with Crippen LogP contribution in [0.15, 0.2) is 54.6 Å². The summed E-state index contributed by atoms with van der Waals surface area (Å²) >= 11 is 5.92. The normalized spacial score (nSPS) is 16.3. The summed E-state index contributed by atoms with van der Waals surface area (Å²) < 4.78 is 0. The third-order valence-corrected chi connectivity index (χ3v) is 4.46. The average Bonchev–Trinajstić information content (AvgIpc) is 2.62. The molecule has 1 unspecified atom stereocenters.